The number of sulfonamides is 1. The summed E-state index contributed by atoms with van der Waals surface area (Å²) in [5.74, 6) is -0.108. The first kappa shape index (κ1) is 19.0. The summed E-state index contributed by atoms with van der Waals surface area (Å²) in [6, 6.07) is 5.87. The second-order valence-electron chi connectivity index (χ2n) is 6.43. The van der Waals surface area contributed by atoms with Crippen molar-refractivity contribution in [1.82, 2.24) is 14.4 Å². The zero-order valence-electron chi connectivity index (χ0n) is 14.7. The number of β-amino-alcohol motifs (C(OH)–C–C–N with tert-alkyl or cyclic N) is 1. The molecule has 1 aliphatic rings. The highest BCUT2D eigenvalue weighted by Crippen LogP contribution is 2.24. The molecule has 0 amide bonds. The lowest BCUT2D eigenvalue weighted by atomic mass is 10.1. The van der Waals surface area contributed by atoms with Crippen molar-refractivity contribution >= 4 is 10.0 Å². The monoisotopic (exact) mass is 383 g/mol. The first-order chi connectivity index (χ1) is 12.3. The minimum Gasteiger partial charge on any atom is -0.387 e. The molecule has 1 N–H and O–H groups in total. The minimum atomic E-state index is -3.65. The molecule has 1 fully saturated rings. The largest absolute Gasteiger partial charge is 0.387 e. The third-order valence-corrected chi connectivity index (χ3v) is 6.71. The Balaban J connectivity index is 1.62. The molecule has 0 saturated carbocycles. The van der Waals surface area contributed by atoms with Crippen molar-refractivity contribution < 1.29 is 22.4 Å². The Morgan fingerprint density at radius 2 is 1.96 bits per heavy atom. The predicted octanol–water partition coefficient (Wildman–Crippen LogP) is 1.47. The summed E-state index contributed by atoms with van der Waals surface area (Å²) in [7, 11) is -3.65. The second-order valence-corrected chi connectivity index (χ2v) is 8.30. The Morgan fingerprint density at radius 3 is 2.54 bits per heavy atom. The Morgan fingerprint density at radius 1 is 1.27 bits per heavy atom. The minimum absolute atomic E-state index is 0.130. The van der Waals surface area contributed by atoms with Crippen LogP contribution in [-0.2, 0) is 10.0 Å². The van der Waals surface area contributed by atoms with Gasteiger partial charge in [-0.3, -0.25) is 4.90 Å². The smallest absolute Gasteiger partial charge is 0.248 e. The number of hydrogen-bond acceptors (Lipinski definition) is 6. The summed E-state index contributed by atoms with van der Waals surface area (Å²) >= 11 is 0. The van der Waals surface area contributed by atoms with Crippen LogP contribution in [0.4, 0.5) is 4.39 Å². The summed E-state index contributed by atoms with van der Waals surface area (Å²) in [6.07, 6.45) is -0.823. The maximum atomic E-state index is 13.3. The molecule has 0 bridgehead atoms. The van der Waals surface area contributed by atoms with E-state index in [1.165, 1.54) is 16.4 Å². The molecule has 1 atom stereocenters. The van der Waals surface area contributed by atoms with Gasteiger partial charge in [0, 0.05) is 32.7 Å². The Labute approximate surface area is 152 Å². The number of nitrogens with zero attached hydrogens (tertiary/aromatic N) is 3. The van der Waals surface area contributed by atoms with Gasteiger partial charge in [-0.1, -0.05) is 17.3 Å². The zero-order valence-corrected chi connectivity index (χ0v) is 15.5. The molecular formula is C17H22FN3O4S. The fraction of sp³-hybridized carbons (Fsp3) is 0.471. The van der Waals surface area contributed by atoms with Gasteiger partial charge in [0.05, 0.1) is 6.10 Å². The van der Waals surface area contributed by atoms with Crippen molar-refractivity contribution in [3.63, 3.8) is 0 Å². The lowest BCUT2D eigenvalue weighted by molar-refractivity contribution is 0.0919. The van der Waals surface area contributed by atoms with E-state index in [1.807, 2.05) is 4.90 Å². The number of benzene rings is 1. The van der Waals surface area contributed by atoms with Crippen LogP contribution in [0.15, 0.2) is 33.7 Å². The highest BCUT2D eigenvalue weighted by Gasteiger charge is 2.33. The summed E-state index contributed by atoms with van der Waals surface area (Å²) in [5.41, 5.74) is 0.863. The van der Waals surface area contributed by atoms with Gasteiger partial charge in [0.25, 0.3) is 0 Å². The molecule has 26 heavy (non-hydrogen) atoms. The van der Waals surface area contributed by atoms with Crippen LogP contribution in [0.25, 0.3) is 0 Å². The molecule has 1 aliphatic heterocycles. The van der Waals surface area contributed by atoms with E-state index in [9.17, 15) is 17.9 Å². The van der Waals surface area contributed by atoms with Gasteiger partial charge in [0.1, 0.15) is 16.4 Å². The van der Waals surface area contributed by atoms with Crippen LogP contribution in [0.5, 0.6) is 0 Å². The maximum absolute atomic E-state index is 13.3. The van der Waals surface area contributed by atoms with Crippen molar-refractivity contribution in [2.75, 3.05) is 32.7 Å². The third kappa shape index (κ3) is 3.80. The van der Waals surface area contributed by atoms with Crippen LogP contribution >= 0.6 is 0 Å². The fourth-order valence-corrected chi connectivity index (χ4v) is 4.90. The summed E-state index contributed by atoms with van der Waals surface area (Å²) in [4.78, 5) is 2.10. The van der Waals surface area contributed by atoms with Crippen LogP contribution in [0, 0.1) is 19.7 Å². The molecule has 1 aromatic heterocycles. The Kier molecular flexibility index (Phi) is 5.42. The quantitative estimate of drug-likeness (QED) is 0.841. The summed E-state index contributed by atoms with van der Waals surface area (Å²) in [5, 5.41) is 14.0. The molecule has 1 saturated heterocycles. The molecule has 0 spiro atoms. The normalized spacial score (nSPS) is 18.2. The van der Waals surface area contributed by atoms with E-state index < -0.39 is 21.9 Å². The number of hydrogen-bond donors (Lipinski definition) is 1. The number of rotatable bonds is 5. The average Bonchev–Trinajstić information content (AvgIpc) is 2.94. The van der Waals surface area contributed by atoms with Gasteiger partial charge in [0.2, 0.25) is 10.0 Å². The van der Waals surface area contributed by atoms with Crippen LogP contribution in [0.2, 0.25) is 0 Å². The summed E-state index contributed by atoms with van der Waals surface area (Å²) in [6.45, 7) is 5.09. The Hall–Kier alpha value is -1.81. The van der Waals surface area contributed by atoms with Gasteiger partial charge < -0.3 is 9.63 Å². The number of aliphatic hydroxyl groups excluding tert-OH is 1. The number of aliphatic hydroxyl groups is 1. The lowest BCUT2D eigenvalue weighted by Gasteiger charge is -2.34. The molecule has 0 radical (unpaired) electrons. The predicted molar refractivity (Wildman–Crippen MR) is 92.5 cm³/mol. The number of aromatic nitrogens is 1. The van der Waals surface area contributed by atoms with Crippen LogP contribution in [0.3, 0.4) is 0 Å². The van der Waals surface area contributed by atoms with Crippen LogP contribution in [-0.4, -0.2) is 60.6 Å². The topological polar surface area (TPSA) is 86.9 Å². The molecule has 2 aromatic rings. The second kappa shape index (κ2) is 7.43. The van der Waals surface area contributed by atoms with Crippen molar-refractivity contribution in [3.8, 4) is 0 Å². The van der Waals surface area contributed by atoms with E-state index >= 15 is 0 Å². The van der Waals surface area contributed by atoms with Gasteiger partial charge in [-0.25, -0.2) is 12.8 Å². The van der Waals surface area contributed by atoms with E-state index in [2.05, 4.69) is 5.16 Å². The zero-order chi connectivity index (χ0) is 18.9. The number of halogens is 1. The highest BCUT2D eigenvalue weighted by molar-refractivity contribution is 7.89. The molecule has 7 nitrogen and oxygen atoms in total. The molecule has 9 heteroatoms. The number of aryl methyl sites for hydroxylation is 2. The Bertz CT molecular complexity index is 856. The van der Waals surface area contributed by atoms with Gasteiger partial charge in [0.15, 0.2) is 5.76 Å². The fourth-order valence-electron chi connectivity index (χ4n) is 3.19. The van der Waals surface area contributed by atoms with E-state index in [1.54, 1.807) is 26.0 Å². The van der Waals surface area contributed by atoms with Crippen LogP contribution in [0.1, 0.15) is 23.1 Å². The molecule has 142 valence electrons. The molecule has 2 heterocycles. The highest BCUT2D eigenvalue weighted by atomic mass is 32.2. The van der Waals surface area contributed by atoms with Crippen molar-refractivity contribution in [2.45, 2.75) is 24.8 Å². The average molecular weight is 383 g/mol. The SMILES string of the molecule is Cc1noc(C)c1S(=O)(=O)N1CCN(CC(O)c2cccc(F)c2)CC1. The first-order valence-corrected chi connectivity index (χ1v) is 9.82. The van der Waals surface area contributed by atoms with Gasteiger partial charge >= 0.3 is 0 Å². The van der Waals surface area contributed by atoms with E-state index in [-0.39, 0.29) is 10.7 Å². The van der Waals surface area contributed by atoms with Gasteiger partial charge in [-0.15, -0.1) is 0 Å². The van der Waals surface area contributed by atoms with E-state index in [0.29, 0.717) is 44.0 Å². The van der Waals surface area contributed by atoms with Gasteiger partial charge in [-0.2, -0.15) is 4.31 Å². The van der Waals surface area contributed by atoms with Crippen molar-refractivity contribution in [1.29, 1.82) is 0 Å². The lowest BCUT2D eigenvalue weighted by Crippen LogP contribution is -2.49. The van der Waals surface area contributed by atoms with E-state index in [0.717, 1.165) is 0 Å². The maximum Gasteiger partial charge on any atom is 0.248 e. The van der Waals surface area contributed by atoms with E-state index in [4.69, 9.17) is 4.52 Å². The van der Waals surface area contributed by atoms with Crippen molar-refractivity contribution in [2.24, 2.45) is 0 Å². The summed E-state index contributed by atoms with van der Waals surface area (Å²) < 4.78 is 45.2. The third-order valence-electron chi connectivity index (χ3n) is 4.56. The van der Waals surface area contributed by atoms with Crippen molar-refractivity contribution in [3.05, 3.63) is 47.1 Å². The molecule has 0 aliphatic carbocycles. The first-order valence-electron chi connectivity index (χ1n) is 8.38. The van der Waals surface area contributed by atoms with Crippen LogP contribution < -0.4 is 0 Å². The number of piperazine rings is 1. The molecular weight excluding hydrogens is 361 g/mol. The van der Waals surface area contributed by atoms with Gasteiger partial charge in [-0.05, 0) is 31.5 Å². The molecule has 1 aromatic carbocycles. The molecule has 1 unspecified atom stereocenters. The molecule has 3 rings (SSSR count). The standard InChI is InChI=1S/C17H22FN3O4S/c1-12-17(13(2)25-19-12)26(23,24)21-8-6-20(7-9-21)11-16(22)14-4-3-5-15(18)10-14/h3-5,10,16,22H,6-9,11H2,1-2H3.